The lowest BCUT2D eigenvalue weighted by Crippen LogP contribution is -2.23. The summed E-state index contributed by atoms with van der Waals surface area (Å²) in [7, 11) is 0. The van der Waals surface area contributed by atoms with Crippen LogP contribution in [0.1, 0.15) is 31.8 Å². The molecule has 6 nitrogen and oxygen atoms in total. The number of rotatable bonds is 6. The van der Waals surface area contributed by atoms with E-state index in [1.807, 2.05) is 24.3 Å². The molecule has 3 aromatic rings. The van der Waals surface area contributed by atoms with Crippen molar-refractivity contribution < 1.29 is 9.59 Å². The van der Waals surface area contributed by atoms with E-state index in [-0.39, 0.29) is 11.8 Å². The Bertz CT molecular complexity index is 975. The Morgan fingerprint density at radius 1 is 0.964 bits per heavy atom. The number of nitrogens with zero attached hydrogens (tertiary/aromatic N) is 1. The maximum absolute atomic E-state index is 12.5. The fraction of sp³-hybridized carbons (Fsp3) is 0.0952. The first-order chi connectivity index (χ1) is 13.6. The van der Waals surface area contributed by atoms with Crippen LogP contribution < -0.4 is 16.4 Å². The van der Waals surface area contributed by atoms with Crippen molar-refractivity contribution in [2.75, 3.05) is 5.32 Å². The Hall–Kier alpha value is -3.22. The van der Waals surface area contributed by atoms with Crippen molar-refractivity contribution >= 4 is 29.1 Å². The average Bonchev–Trinajstić information content (AvgIpc) is 2.74. The van der Waals surface area contributed by atoms with Gasteiger partial charge in [-0.25, -0.2) is 0 Å². The highest BCUT2D eigenvalue weighted by atomic mass is 35.5. The Kier molecular flexibility index (Phi) is 6.37. The van der Waals surface area contributed by atoms with Gasteiger partial charge in [-0.3, -0.25) is 14.6 Å². The second kappa shape index (κ2) is 9.12. The zero-order chi connectivity index (χ0) is 19.9. The Labute approximate surface area is 167 Å². The highest BCUT2D eigenvalue weighted by molar-refractivity contribution is 6.34. The van der Waals surface area contributed by atoms with Gasteiger partial charge in [-0.1, -0.05) is 35.9 Å². The van der Waals surface area contributed by atoms with Crippen LogP contribution >= 0.6 is 11.6 Å². The molecule has 0 aliphatic rings. The second-order valence-electron chi connectivity index (χ2n) is 6.09. The molecular formula is C21H19ClN4O2. The van der Waals surface area contributed by atoms with Crippen LogP contribution in [0.3, 0.4) is 0 Å². The molecule has 0 saturated heterocycles. The van der Waals surface area contributed by atoms with Gasteiger partial charge >= 0.3 is 0 Å². The fourth-order valence-electron chi connectivity index (χ4n) is 2.53. The Balaban J connectivity index is 1.67. The summed E-state index contributed by atoms with van der Waals surface area (Å²) in [5, 5.41) is 5.89. The summed E-state index contributed by atoms with van der Waals surface area (Å²) in [5.74, 6) is -0.621. The van der Waals surface area contributed by atoms with E-state index in [0.29, 0.717) is 34.9 Å². The smallest absolute Gasteiger partial charge is 0.257 e. The van der Waals surface area contributed by atoms with Gasteiger partial charge in [-0.05, 0) is 41.5 Å². The molecule has 0 unspecified atom stereocenters. The second-order valence-corrected chi connectivity index (χ2v) is 6.50. The van der Waals surface area contributed by atoms with Crippen LogP contribution in [0, 0.1) is 0 Å². The van der Waals surface area contributed by atoms with Crippen LogP contribution in [-0.4, -0.2) is 16.8 Å². The van der Waals surface area contributed by atoms with Gasteiger partial charge < -0.3 is 16.4 Å². The van der Waals surface area contributed by atoms with E-state index in [2.05, 4.69) is 15.6 Å². The summed E-state index contributed by atoms with van der Waals surface area (Å²) >= 11 is 6.16. The van der Waals surface area contributed by atoms with Crippen molar-refractivity contribution in [1.82, 2.24) is 10.3 Å². The summed E-state index contributed by atoms with van der Waals surface area (Å²) < 4.78 is 0. The molecule has 0 saturated carbocycles. The third kappa shape index (κ3) is 4.94. The zero-order valence-corrected chi connectivity index (χ0v) is 15.7. The molecule has 2 amide bonds. The lowest BCUT2D eigenvalue weighted by atomic mass is 10.1. The SMILES string of the molecule is NCc1ccc(CNC(=O)c2ccc(Cl)c(NC(=O)c3cccnc3)c2)cc1. The summed E-state index contributed by atoms with van der Waals surface area (Å²) in [6, 6.07) is 15.7. The molecule has 0 fully saturated rings. The van der Waals surface area contributed by atoms with Gasteiger partial charge in [0.05, 0.1) is 16.3 Å². The molecule has 0 aliphatic carbocycles. The number of nitrogens with two attached hydrogens (primary N) is 1. The van der Waals surface area contributed by atoms with Crippen LogP contribution in [0.2, 0.25) is 5.02 Å². The molecule has 1 aromatic heterocycles. The van der Waals surface area contributed by atoms with Crippen molar-refractivity contribution in [2.24, 2.45) is 5.73 Å². The van der Waals surface area contributed by atoms with E-state index in [4.69, 9.17) is 17.3 Å². The maximum atomic E-state index is 12.5. The fourth-order valence-corrected chi connectivity index (χ4v) is 2.70. The molecule has 0 radical (unpaired) electrons. The number of hydrogen-bond acceptors (Lipinski definition) is 4. The summed E-state index contributed by atoms with van der Waals surface area (Å²) in [6.07, 6.45) is 3.04. The highest BCUT2D eigenvalue weighted by Gasteiger charge is 2.12. The minimum Gasteiger partial charge on any atom is -0.348 e. The zero-order valence-electron chi connectivity index (χ0n) is 15.0. The molecular weight excluding hydrogens is 376 g/mol. The number of hydrogen-bond donors (Lipinski definition) is 3. The Morgan fingerprint density at radius 3 is 2.39 bits per heavy atom. The topological polar surface area (TPSA) is 97.1 Å². The van der Waals surface area contributed by atoms with E-state index in [1.165, 1.54) is 6.20 Å². The first kappa shape index (κ1) is 19.5. The third-order valence-electron chi connectivity index (χ3n) is 4.11. The lowest BCUT2D eigenvalue weighted by Gasteiger charge is -2.10. The number of nitrogens with one attached hydrogen (secondary N) is 2. The van der Waals surface area contributed by atoms with Gasteiger partial charge in [0.15, 0.2) is 0 Å². The normalized spacial score (nSPS) is 10.4. The third-order valence-corrected chi connectivity index (χ3v) is 4.44. The van der Waals surface area contributed by atoms with Crippen LogP contribution in [0.25, 0.3) is 0 Å². The van der Waals surface area contributed by atoms with E-state index < -0.39 is 0 Å². The van der Waals surface area contributed by atoms with Crippen molar-refractivity contribution in [3.63, 3.8) is 0 Å². The lowest BCUT2D eigenvalue weighted by molar-refractivity contribution is 0.0949. The molecule has 2 aromatic carbocycles. The maximum Gasteiger partial charge on any atom is 0.257 e. The Morgan fingerprint density at radius 2 is 1.71 bits per heavy atom. The molecule has 142 valence electrons. The van der Waals surface area contributed by atoms with E-state index in [1.54, 1.807) is 36.5 Å². The van der Waals surface area contributed by atoms with E-state index >= 15 is 0 Å². The van der Waals surface area contributed by atoms with Gasteiger partial charge in [0.25, 0.3) is 11.8 Å². The van der Waals surface area contributed by atoms with Crippen molar-refractivity contribution in [2.45, 2.75) is 13.1 Å². The molecule has 0 spiro atoms. The molecule has 4 N–H and O–H groups in total. The molecule has 0 bridgehead atoms. The number of amides is 2. The molecule has 3 rings (SSSR count). The number of carbonyl (C=O) groups excluding carboxylic acids is 2. The van der Waals surface area contributed by atoms with Crippen LogP contribution in [0.4, 0.5) is 5.69 Å². The van der Waals surface area contributed by atoms with Gasteiger partial charge in [0.1, 0.15) is 0 Å². The number of pyridine rings is 1. The number of aromatic nitrogens is 1. The van der Waals surface area contributed by atoms with Crippen molar-refractivity contribution in [3.05, 3.63) is 94.3 Å². The highest BCUT2D eigenvalue weighted by Crippen LogP contribution is 2.23. The minimum atomic E-state index is -0.354. The molecule has 28 heavy (non-hydrogen) atoms. The van der Waals surface area contributed by atoms with E-state index in [9.17, 15) is 9.59 Å². The number of halogens is 1. The van der Waals surface area contributed by atoms with Gasteiger partial charge in [0.2, 0.25) is 0 Å². The predicted octanol–water partition coefficient (Wildman–Crippen LogP) is 3.38. The average molecular weight is 395 g/mol. The number of benzene rings is 2. The predicted molar refractivity (Wildman–Crippen MR) is 109 cm³/mol. The molecule has 1 heterocycles. The standard InChI is InChI=1S/C21H19ClN4O2/c22-18-8-7-16(10-19(18)26-21(28)17-2-1-9-24-13-17)20(27)25-12-15-5-3-14(11-23)4-6-15/h1-10,13H,11-12,23H2,(H,25,27)(H,26,28). The largest absolute Gasteiger partial charge is 0.348 e. The molecule has 7 heteroatoms. The summed E-state index contributed by atoms with van der Waals surface area (Å²) in [4.78, 5) is 28.7. The first-order valence-electron chi connectivity index (χ1n) is 8.64. The van der Waals surface area contributed by atoms with Gasteiger partial charge in [-0.2, -0.15) is 0 Å². The van der Waals surface area contributed by atoms with Crippen LogP contribution in [0.5, 0.6) is 0 Å². The number of anilines is 1. The summed E-state index contributed by atoms with van der Waals surface area (Å²) in [5.41, 5.74) is 8.72. The minimum absolute atomic E-state index is 0.267. The first-order valence-corrected chi connectivity index (χ1v) is 9.01. The van der Waals surface area contributed by atoms with Crippen LogP contribution in [0.15, 0.2) is 67.0 Å². The quantitative estimate of drug-likeness (QED) is 0.597. The van der Waals surface area contributed by atoms with Gasteiger partial charge in [-0.15, -0.1) is 0 Å². The van der Waals surface area contributed by atoms with Gasteiger partial charge in [0, 0.05) is 31.0 Å². The molecule has 0 aliphatic heterocycles. The van der Waals surface area contributed by atoms with Crippen LogP contribution in [-0.2, 0) is 13.1 Å². The summed E-state index contributed by atoms with van der Waals surface area (Å²) in [6.45, 7) is 0.856. The van der Waals surface area contributed by atoms with Crippen molar-refractivity contribution in [1.29, 1.82) is 0 Å². The number of carbonyl (C=O) groups is 2. The van der Waals surface area contributed by atoms with E-state index in [0.717, 1.165) is 11.1 Å². The molecule has 0 atom stereocenters. The monoisotopic (exact) mass is 394 g/mol. The van der Waals surface area contributed by atoms with Crippen molar-refractivity contribution in [3.8, 4) is 0 Å².